The van der Waals surface area contributed by atoms with E-state index < -0.39 is 0 Å². The van der Waals surface area contributed by atoms with Gasteiger partial charge < -0.3 is 5.32 Å². The van der Waals surface area contributed by atoms with Crippen molar-refractivity contribution in [1.29, 1.82) is 0 Å². The standard InChI is InChI=1S/C15H20Cl2N2.ClH/c16-13-7-12(8-14(17)9-13)10-19-6-3-15(11-19)1-4-18-5-2-15;/h7-9,18H,1-6,10-11H2;1H. The predicted octanol–water partition coefficient (Wildman–Crippen LogP) is 3.99. The summed E-state index contributed by atoms with van der Waals surface area (Å²) < 4.78 is 0. The number of benzene rings is 1. The Morgan fingerprint density at radius 2 is 1.70 bits per heavy atom. The number of rotatable bonds is 2. The summed E-state index contributed by atoms with van der Waals surface area (Å²) in [5.41, 5.74) is 1.79. The third kappa shape index (κ3) is 3.80. The van der Waals surface area contributed by atoms with Crippen LogP contribution in [0, 0.1) is 5.41 Å². The van der Waals surface area contributed by atoms with E-state index >= 15 is 0 Å². The Kier molecular flexibility index (Phi) is 5.61. The highest BCUT2D eigenvalue weighted by Crippen LogP contribution is 2.39. The quantitative estimate of drug-likeness (QED) is 0.879. The molecule has 0 bridgehead atoms. The molecule has 3 rings (SSSR count). The van der Waals surface area contributed by atoms with Gasteiger partial charge in [0.05, 0.1) is 0 Å². The van der Waals surface area contributed by atoms with Gasteiger partial charge >= 0.3 is 0 Å². The number of likely N-dealkylation sites (tertiary alicyclic amines) is 1. The van der Waals surface area contributed by atoms with E-state index in [1.54, 1.807) is 6.07 Å². The van der Waals surface area contributed by atoms with Crippen molar-refractivity contribution < 1.29 is 0 Å². The number of halogens is 3. The summed E-state index contributed by atoms with van der Waals surface area (Å²) in [6, 6.07) is 5.85. The second-order valence-electron chi connectivity index (χ2n) is 5.99. The Morgan fingerprint density at radius 1 is 1.05 bits per heavy atom. The second kappa shape index (κ2) is 6.85. The highest BCUT2D eigenvalue weighted by Gasteiger charge is 2.38. The van der Waals surface area contributed by atoms with Gasteiger partial charge in [-0.15, -0.1) is 12.4 Å². The number of nitrogens with zero attached hydrogens (tertiary/aromatic N) is 1. The summed E-state index contributed by atoms with van der Waals surface area (Å²) in [6.45, 7) is 5.74. The minimum Gasteiger partial charge on any atom is -0.317 e. The van der Waals surface area contributed by atoms with Gasteiger partial charge in [-0.2, -0.15) is 0 Å². The molecule has 2 fully saturated rings. The van der Waals surface area contributed by atoms with Gasteiger partial charge in [0.25, 0.3) is 0 Å². The topological polar surface area (TPSA) is 15.3 Å². The van der Waals surface area contributed by atoms with Crippen LogP contribution in [0.2, 0.25) is 10.0 Å². The molecule has 0 amide bonds. The summed E-state index contributed by atoms with van der Waals surface area (Å²) in [4.78, 5) is 2.55. The van der Waals surface area contributed by atoms with Gasteiger partial charge in [0, 0.05) is 23.1 Å². The first-order valence-corrected chi connectivity index (χ1v) is 7.79. The van der Waals surface area contributed by atoms with Crippen LogP contribution in [0.25, 0.3) is 0 Å². The molecule has 20 heavy (non-hydrogen) atoms. The monoisotopic (exact) mass is 334 g/mol. The molecule has 1 aromatic carbocycles. The van der Waals surface area contributed by atoms with Crippen LogP contribution in [0.1, 0.15) is 24.8 Å². The van der Waals surface area contributed by atoms with Gasteiger partial charge in [0.2, 0.25) is 0 Å². The molecule has 2 saturated heterocycles. The first-order chi connectivity index (χ1) is 9.15. The van der Waals surface area contributed by atoms with Gasteiger partial charge in [-0.05, 0) is 68.1 Å². The number of piperidine rings is 1. The van der Waals surface area contributed by atoms with Crippen LogP contribution in [0.5, 0.6) is 0 Å². The van der Waals surface area contributed by atoms with Crippen LogP contribution >= 0.6 is 35.6 Å². The van der Waals surface area contributed by atoms with Gasteiger partial charge in [0.1, 0.15) is 0 Å². The van der Waals surface area contributed by atoms with E-state index in [9.17, 15) is 0 Å². The molecule has 0 unspecified atom stereocenters. The largest absolute Gasteiger partial charge is 0.317 e. The van der Waals surface area contributed by atoms with E-state index in [0.717, 1.165) is 16.6 Å². The lowest BCUT2D eigenvalue weighted by molar-refractivity contribution is 0.194. The molecular formula is C15H21Cl3N2. The molecule has 0 aromatic heterocycles. The number of nitrogens with one attached hydrogen (secondary N) is 1. The summed E-state index contributed by atoms with van der Waals surface area (Å²) in [5.74, 6) is 0. The Bertz CT molecular complexity index is 438. The Morgan fingerprint density at radius 3 is 2.35 bits per heavy atom. The lowest BCUT2D eigenvalue weighted by atomic mass is 9.78. The van der Waals surface area contributed by atoms with Crippen LogP contribution in [-0.4, -0.2) is 31.1 Å². The van der Waals surface area contributed by atoms with Crippen molar-refractivity contribution in [2.75, 3.05) is 26.2 Å². The minimum absolute atomic E-state index is 0. The van der Waals surface area contributed by atoms with E-state index in [4.69, 9.17) is 23.2 Å². The van der Waals surface area contributed by atoms with Gasteiger partial charge in [-0.1, -0.05) is 23.2 Å². The zero-order valence-electron chi connectivity index (χ0n) is 11.5. The Hall–Kier alpha value is 0.01000. The maximum Gasteiger partial charge on any atom is 0.0424 e. The average Bonchev–Trinajstić information content (AvgIpc) is 2.71. The third-order valence-corrected chi connectivity index (χ3v) is 4.95. The summed E-state index contributed by atoms with van der Waals surface area (Å²) >= 11 is 12.1. The lowest BCUT2D eigenvalue weighted by Crippen LogP contribution is -2.38. The fourth-order valence-corrected chi connectivity index (χ4v) is 4.06. The normalized spacial score (nSPS) is 21.9. The first-order valence-electron chi connectivity index (χ1n) is 7.03. The summed E-state index contributed by atoms with van der Waals surface area (Å²) in [7, 11) is 0. The number of hydrogen-bond donors (Lipinski definition) is 1. The van der Waals surface area contributed by atoms with Crippen LogP contribution in [0.3, 0.4) is 0 Å². The van der Waals surface area contributed by atoms with Crippen molar-refractivity contribution in [3.63, 3.8) is 0 Å². The molecule has 0 saturated carbocycles. The van der Waals surface area contributed by atoms with Crippen molar-refractivity contribution in [2.24, 2.45) is 5.41 Å². The van der Waals surface area contributed by atoms with Crippen LogP contribution in [0.15, 0.2) is 18.2 Å². The second-order valence-corrected chi connectivity index (χ2v) is 6.86. The molecule has 2 aliphatic heterocycles. The van der Waals surface area contributed by atoms with Gasteiger partial charge in [-0.3, -0.25) is 4.90 Å². The fraction of sp³-hybridized carbons (Fsp3) is 0.600. The summed E-state index contributed by atoms with van der Waals surface area (Å²) in [6.07, 6.45) is 3.97. The highest BCUT2D eigenvalue weighted by atomic mass is 35.5. The van der Waals surface area contributed by atoms with Crippen LogP contribution in [-0.2, 0) is 6.54 Å². The molecule has 0 radical (unpaired) electrons. The molecule has 2 aliphatic rings. The van der Waals surface area contributed by atoms with Crippen molar-refractivity contribution in [1.82, 2.24) is 10.2 Å². The maximum absolute atomic E-state index is 6.07. The fourth-order valence-electron chi connectivity index (χ4n) is 3.49. The molecule has 1 aromatic rings. The zero-order chi connectivity index (χ0) is 13.3. The Balaban J connectivity index is 0.00000147. The van der Waals surface area contributed by atoms with Crippen LogP contribution < -0.4 is 5.32 Å². The molecule has 5 heteroatoms. The predicted molar refractivity (Wildman–Crippen MR) is 88.1 cm³/mol. The van der Waals surface area contributed by atoms with E-state index in [2.05, 4.69) is 10.2 Å². The van der Waals surface area contributed by atoms with E-state index in [1.165, 1.54) is 51.0 Å². The highest BCUT2D eigenvalue weighted by molar-refractivity contribution is 6.34. The molecule has 1 spiro atoms. The minimum atomic E-state index is 0. The molecule has 2 heterocycles. The van der Waals surface area contributed by atoms with Crippen LogP contribution in [0.4, 0.5) is 0 Å². The molecule has 112 valence electrons. The zero-order valence-corrected chi connectivity index (χ0v) is 13.8. The molecule has 0 aliphatic carbocycles. The van der Waals surface area contributed by atoms with Crippen molar-refractivity contribution in [2.45, 2.75) is 25.8 Å². The SMILES string of the molecule is Cl.Clc1cc(Cl)cc(CN2CCC3(CCNCC3)C2)c1. The number of hydrogen-bond acceptors (Lipinski definition) is 2. The van der Waals surface area contributed by atoms with Gasteiger partial charge in [0.15, 0.2) is 0 Å². The average molecular weight is 336 g/mol. The van der Waals surface area contributed by atoms with Gasteiger partial charge in [-0.25, -0.2) is 0 Å². The molecule has 1 N–H and O–H groups in total. The van der Waals surface area contributed by atoms with Crippen molar-refractivity contribution >= 4 is 35.6 Å². The van der Waals surface area contributed by atoms with E-state index in [0.29, 0.717) is 5.41 Å². The molecular weight excluding hydrogens is 315 g/mol. The maximum atomic E-state index is 6.07. The lowest BCUT2D eigenvalue weighted by Gasteiger charge is -2.34. The molecule has 2 nitrogen and oxygen atoms in total. The van der Waals surface area contributed by atoms with E-state index in [1.807, 2.05) is 12.1 Å². The van der Waals surface area contributed by atoms with Crippen molar-refractivity contribution in [3.8, 4) is 0 Å². The first kappa shape index (κ1) is 16.4. The van der Waals surface area contributed by atoms with E-state index in [-0.39, 0.29) is 12.4 Å². The summed E-state index contributed by atoms with van der Waals surface area (Å²) in [5, 5.41) is 4.93. The Labute approximate surface area is 137 Å². The van der Waals surface area contributed by atoms with Crippen molar-refractivity contribution in [3.05, 3.63) is 33.8 Å². The third-order valence-electron chi connectivity index (χ3n) is 4.51. The molecule has 0 atom stereocenters. The smallest absolute Gasteiger partial charge is 0.0424 e.